The second kappa shape index (κ2) is 6.67. The number of carbonyl (C=O) groups is 1. The largest absolute Gasteiger partial charge is 0.467 e. The predicted molar refractivity (Wildman–Crippen MR) is 81.1 cm³/mol. The van der Waals surface area contributed by atoms with Crippen molar-refractivity contribution in [2.45, 2.75) is 12.6 Å². The molecule has 0 saturated carbocycles. The quantitative estimate of drug-likeness (QED) is 0.757. The predicted octanol–water partition coefficient (Wildman–Crippen LogP) is 3.46. The van der Waals surface area contributed by atoms with E-state index in [4.69, 9.17) is 8.83 Å². The molecule has 0 bridgehead atoms. The minimum absolute atomic E-state index is 0.290. The van der Waals surface area contributed by atoms with Gasteiger partial charge in [0.2, 0.25) is 0 Å². The van der Waals surface area contributed by atoms with E-state index in [0.29, 0.717) is 18.1 Å². The van der Waals surface area contributed by atoms with Crippen LogP contribution in [0.2, 0.25) is 0 Å². The molecule has 2 N–H and O–H groups in total. The molecule has 1 aromatic carbocycles. The molecule has 5 heteroatoms. The van der Waals surface area contributed by atoms with Crippen LogP contribution >= 0.6 is 0 Å². The van der Waals surface area contributed by atoms with Crippen LogP contribution in [0.5, 0.6) is 0 Å². The highest BCUT2D eigenvalue weighted by Gasteiger charge is 2.19. The molecule has 1 unspecified atom stereocenters. The lowest BCUT2D eigenvalue weighted by atomic mass is 10.1. The van der Waals surface area contributed by atoms with E-state index >= 15 is 0 Å². The fourth-order valence-electron chi connectivity index (χ4n) is 2.18. The Bertz CT molecular complexity index is 691. The van der Waals surface area contributed by atoms with E-state index < -0.39 is 0 Å². The lowest BCUT2D eigenvalue weighted by Crippen LogP contribution is -2.37. The van der Waals surface area contributed by atoms with Gasteiger partial charge in [0.15, 0.2) is 0 Å². The van der Waals surface area contributed by atoms with Gasteiger partial charge in [0.25, 0.3) is 0 Å². The first-order valence-electron chi connectivity index (χ1n) is 6.98. The van der Waals surface area contributed by atoms with Crippen molar-refractivity contribution in [2.24, 2.45) is 0 Å². The molecule has 1 atom stereocenters. The third-order valence-electron chi connectivity index (χ3n) is 3.24. The van der Waals surface area contributed by atoms with Gasteiger partial charge in [-0.15, -0.1) is 0 Å². The minimum atomic E-state index is -0.340. The number of benzene rings is 1. The molecule has 0 aliphatic rings. The molecule has 112 valence electrons. The van der Waals surface area contributed by atoms with Crippen LogP contribution in [-0.2, 0) is 6.54 Å². The van der Waals surface area contributed by atoms with E-state index in [2.05, 4.69) is 10.6 Å². The highest BCUT2D eigenvalue weighted by Crippen LogP contribution is 2.22. The summed E-state index contributed by atoms with van der Waals surface area (Å²) < 4.78 is 10.6. The van der Waals surface area contributed by atoms with Gasteiger partial charge in [-0.05, 0) is 29.8 Å². The molecule has 3 rings (SSSR count). The van der Waals surface area contributed by atoms with Gasteiger partial charge in [0.05, 0.1) is 19.1 Å². The minimum Gasteiger partial charge on any atom is -0.467 e. The number of nitrogens with one attached hydrogen (secondary N) is 2. The first kappa shape index (κ1) is 14.0. The van der Waals surface area contributed by atoms with Crippen molar-refractivity contribution in [1.29, 1.82) is 0 Å². The van der Waals surface area contributed by atoms with Gasteiger partial charge in [0, 0.05) is 0 Å². The van der Waals surface area contributed by atoms with Gasteiger partial charge in [0.1, 0.15) is 17.6 Å². The van der Waals surface area contributed by atoms with Gasteiger partial charge in [-0.1, -0.05) is 30.3 Å². The third-order valence-corrected chi connectivity index (χ3v) is 3.24. The average molecular weight is 296 g/mol. The average Bonchev–Trinajstić information content (AvgIpc) is 3.25. The summed E-state index contributed by atoms with van der Waals surface area (Å²) in [5.41, 5.74) is 0.950. The van der Waals surface area contributed by atoms with Crippen molar-refractivity contribution in [3.05, 3.63) is 84.2 Å². The molecule has 2 amide bonds. The maximum absolute atomic E-state index is 12.1. The van der Waals surface area contributed by atoms with Gasteiger partial charge in [-0.3, -0.25) is 0 Å². The zero-order valence-electron chi connectivity index (χ0n) is 11.9. The van der Waals surface area contributed by atoms with Crippen LogP contribution in [0, 0.1) is 0 Å². The fourth-order valence-corrected chi connectivity index (χ4v) is 2.18. The van der Waals surface area contributed by atoms with Gasteiger partial charge >= 0.3 is 6.03 Å². The fraction of sp³-hybridized carbons (Fsp3) is 0.118. The summed E-state index contributed by atoms with van der Waals surface area (Å²) in [6, 6.07) is 16.3. The van der Waals surface area contributed by atoms with Crippen LogP contribution < -0.4 is 10.6 Å². The highest BCUT2D eigenvalue weighted by molar-refractivity contribution is 5.74. The number of rotatable bonds is 5. The van der Waals surface area contributed by atoms with E-state index in [0.717, 1.165) is 5.56 Å². The SMILES string of the molecule is O=C(NCc1ccco1)NC(c1ccccc1)c1ccco1. The zero-order valence-corrected chi connectivity index (χ0v) is 11.9. The topological polar surface area (TPSA) is 67.4 Å². The monoisotopic (exact) mass is 296 g/mol. The summed E-state index contributed by atoms with van der Waals surface area (Å²) in [6.45, 7) is 0.332. The second-order valence-electron chi connectivity index (χ2n) is 4.77. The molecule has 5 nitrogen and oxygen atoms in total. The van der Waals surface area contributed by atoms with E-state index in [1.54, 1.807) is 24.7 Å². The van der Waals surface area contributed by atoms with Crippen molar-refractivity contribution < 1.29 is 13.6 Å². The molecule has 0 aliphatic carbocycles. The van der Waals surface area contributed by atoms with Crippen molar-refractivity contribution in [3.63, 3.8) is 0 Å². The molecule has 2 heterocycles. The summed E-state index contributed by atoms with van der Waals surface area (Å²) in [4.78, 5) is 12.1. The Morgan fingerprint density at radius 3 is 2.41 bits per heavy atom. The zero-order chi connectivity index (χ0) is 15.2. The van der Waals surface area contributed by atoms with Crippen LogP contribution in [0.15, 0.2) is 76.0 Å². The van der Waals surface area contributed by atoms with Gasteiger partial charge in [-0.2, -0.15) is 0 Å². The van der Waals surface area contributed by atoms with Crippen molar-refractivity contribution in [1.82, 2.24) is 10.6 Å². The summed E-state index contributed by atoms with van der Waals surface area (Å²) in [7, 11) is 0. The van der Waals surface area contributed by atoms with E-state index in [9.17, 15) is 4.79 Å². The Morgan fingerprint density at radius 1 is 0.955 bits per heavy atom. The normalized spacial score (nSPS) is 11.8. The molecular weight excluding hydrogens is 280 g/mol. The second-order valence-corrected chi connectivity index (χ2v) is 4.77. The molecule has 0 radical (unpaired) electrons. The summed E-state index contributed by atoms with van der Waals surface area (Å²) in [5.74, 6) is 1.38. The number of hydrogen-bond acceptors (Lipinski definition) is 3. The summed E-state index contributed by atoms with van der Waals surface area (Å²) in [5, 5.41) is 5.67. The van der Waals surface area contributed by atoms with E-state index in [1.807, 2.05) is 42.5 Å². The Kier molecular flexibility index (Phi) is 4.25. The Labute approximate surface area is 127 Å². The molecule has 0 saturated heterocycles. The maximum atomic E-state index is 12.1. The first-order chi connectivity index (χ1) is 10.8. The molecule has 22 heavy (non-hydrogen) atoms. The van der Waals surface area contributed by atoms with Crippen molar-refractivity contribution >= 4 is 6.03 Å². The van der Waals surface area contributed by atoms with Crippen LogP contribution in [0.25, 0.3) is 0 Å². The van der Waals surface area contributed by atoms with Crippen molar-refractivity contribution in [3.8, 4) is 0 Å². The van der Waals surface area contributed by atoms with E-state index in [-0.39, 0.29) is 12.1 Å². The molecule has 0 spiro atoms. The van der Waals surface area contributed by atoms with Crippen LogP contribution in [0.4, 0.5) is 4.79 Å². The third kappa shape index (κ3) is 3.38. The number of hydrogen-bond donors (Lipinski definition) is 2. The number of amides is 2. The molecular formula is C17H16N2O3. The number of furan rings is 2. The molecule has 3 aromatic rings. The summed E-state index contributed by atoms with van der Waals surface area (Å²) >= 11 is 0. The van der Waals surface area contributed by atoms with Gasteiger partial charge < -0.3 is 19.5 Å². The van der Waals surface area contributed by atoms with Gasteiger partial charge in [-0.25, -0.2) is 4.79 Å². The van der Waals surface area contributed by atoms with Crippen LogP contribution in [-0.4, -0.2) is 6.03 Å². The van der Waals surface area contributed by atoms with Crippen LogP contribution in [0.1, 0.15) is 23.1 Å². The molecule has 0 aliphatic heterocycles. The number of carbonyl (C=O) groups excluding carboxylic acids is 1. The highest BCUT2D eigenvalue weighted by atomic mass is 16.3. The lowest BCUT2D eigenvalue weighted by Gasteiger charge is -2.17. The smallest absolute Gasteiger partial charge is 0.316 e. The lowest BCUT2D eigenvalue weighted by molar-refractivity contribution is 0.236. The molecule has 0 fully saturated rings. The summed E-state index contributed by atoms with van der Waals surface area (Å²) in [6.07, 6.45) is 3.16. The van der Waals surface area contributed by atoms with Crippen LogP contribution in [0.3, 0.4) is 0 Å². The van der Waals surface area contributed by atoms with Crippen molar-refractivity contribution in [2.75, 3.05) is 0 Å². The Hall–Kier alpha value is -2.95. The Morgan fingerprint density at radius 2 is 1.73 bits per heavy atom. The molecule has 2 aromatic heterocycles. The first-order valence-corrected chi connectivity index (χ1v) is 6.98. The number of urea groups is 1. The Balaban J connectivity index is 1.69. The standard InChI is InChI=1S/C17H16N2O3/c20-17(18-12-14-8-4-10-21-14)19-16(15-9-5-11-22-15)13-6-2-1-3-7-13/h1-11,16H,12H2,(H2,18,19,20). The maximum Gasteiger partial charge on any atom is 0.316 e. The van der Waals surface area contributed by atoms with E-state index in [1.165, 1.54) is 0 Å².